The highest BCUT2D eigenvalue weighted by Gasteiger charge is 2.14. The van der Waals surface area contributed by atoms with Gasteiger partial charge in [0.15, 0.2) is 0 Å². The molecule has 0 saturated carbocycles. The van der Waals surface area contributed by atoms with Crippen LogP contribution in [0.5, 0.6) is 5.75 Å². The summed E-state index contributed by atoms with van der Waals surface area (Å²) in [7, 11) is 0. The van der Waals surface area contributed by atoms with Crippen molar-refractivity contribution in [3.63, 3.8) is 0 Å². The van der Waals surface area contributed by atoms with Gasteiger partial charge in [0, 0.05) is 11.3 Å². The summed E-state index contributed by atoms with van der Waals surface area (Å²) in [5.74, 6) is 0.896. The highest BCUT2D eigenvalue weighted by atomic mass is 16.5. The smallest absolute Gasteiger partial charge is 0.119 e. The molecule has 1 radical (unpaired) electrons. The molecule has 0 bridgehead atoms. The Balaban J connectivity index is 1.99. The molecule has 0 spiro atoms. The fourth-order valence-electron chi connectivity index (χ4n) is 3.00. The largest absolute Gasteiger partial charge is 0.494 e. The Morgan fingerprint density at radius 3 is 2.25 bits per heavy atom. The standard InChI is InChI=1S/C21H23N2O/c1-5-17-7-11-19(12-8-17)23-16(4)21(15(3)22-23)18-9-13-20(14-10-18)24-6-2/h7-14H,1,5-6H2,2-4H3. The van der Waals surface area contributed by atoms with Crippen molar-refractivity contribution in [3.8, 4) is 22.6 Å². The second-order valence-electron chi connectivity index (χ2n) is 5.83. The monoisotopic (exact) mass is 319 g/mol. The minimum Gasteiger partial charge on any atom is -0.494 e. The Hall–Kier alpha value is -2.55. The maximum absolute atomic E-state index is 5.53. The van der Waals surface area contributed by atoms with Gasteiger partial charge in [-0.1, -0.05) is 24.3 Å². The number of ether oxygens (including phenoxy) is 1. The van der Waals surface area contributed by atoms with Crippen molar-refractivity contribution in [2.24, 2.45) is 0 Å². The van der Waals surface area contributed by atoms with Gasteiger partial charge in [-0.3, -0.25) is 0 Å². The Morgan fingerprint density at radius 1 is 1.00 bits per heavy atom. The molecule has 0 aliphatic rings. The van der Waals surface area contributed by atoms with Gasteiger partial charge in [0.05, 0.1) is 18.0 Å². The SMILES string of the molecule is [CH2]Cc1ccc(-n2nc(C)c(-c3ccc(OCC)cc3)c2C)cc1. The number of aryl methyl sites for hydroxylation is 1. The summed E-state index contributed by atoms with van der Waals surface area (Å²) < 4.78 is 7.54. The van der Waals surface area contributed by atoms with Crippen molar-refractivity contribution in [3.05, 3.63) is 72.4 Å². The van der Waals surface area contributed by atoms with Crippen LogP contribution < -0.4 is 4.74 Å². The van der Waals surface area contributed by atoms with Crippen LogP contribution >= 0.6 is 0 Å². The Morgan fingerprint density at radius 2 is 1.67 bits per heavy atom. The van der Waals surface area contributed by atoms with Gasteiger partial charge in [-0.05, 0) is 69.5 Å². The van der Waals surface area contributed by atoms with Crippen LogP contribution in [0.2, 0.25) is 0 Å². The topological polar surface area (TPSA) is 27.1 Å². The number of nitrogens with zero attached hydrogens (tertiary/aromatic N) is 2. The van der Waals surface area contributed by atoms with E-state index in [1.165, 1.54) is 11.1 Å². The predicted octanol–water partition coefficient (Wildman–Crippen LogP) is 4.93. The molecular formula is C21H23N2O. The predicted molar refractivity (Wildman–Crippen MR) is 98.7 cm³/mol. The van der Waals surface area contributed by atoms with Crippen LogP contribution in [0.3, 0.4) is 0 Å². The molecule has 0 unspecified atom stereocenters. The minimum absolute atomic E-state index is 0.679. The maximum Gasteiger partial charge on any atom is 0.119 e. The molecule has 3 heteroatoms. The molecule has 0 N–H and O–H groups in total. The Bertz CT molecular complexity index is 814. The number of rotatable bonds is 5. The van der Waals surface area contributed by atoms with E-state index in [0.29, 0.717) is 6.61 Å². The van der Waals surface area contributed by atoms with Gasteiger partial charge >= 0.3 is 0 Å². The molecule has 0 amide bonds. The van der Waals surface area contributed by atoms with Crippen LogP contribution in [0.25, 0.3) is 16.8 Å². The molecule has 0 aliphatic carbocycles. The first-order valence-corrected chi connectivity index (χ1v) is 8.32. The Kier molecular flexibility index (Phi) is 4.70. The van der Waals surface area contributed by atoms with Crippen molar-refractivity contribution < 1.29 is 4.74 Å². The van der Waals surface area contributed by atoms with Gasteiger partial charge in [0.25, 0.3) is 0 Å². The highest BCUT2D eigenvalue weighted by Crippen LogP contribution is 2.30. The highest BCUT2D eigenvalue weighted by molar-refractivity contribution is 5.69. The fourth-order valence-corrected chi connectivity index (χ4v) is 3.00. The Labute approximate surface area is 143 Å². The average Bonchev–Trinajstić information content (AvgIpc) is 2.91. The van der Waals surface area contributed by atoms with E-state index in [-0.39, 0.29) is 0 Å². The van der Waals surface area contributed by atoms with Gasteiger partial charge in [-0.15, -0.1) is 0 Å². The quantitative estimate of drug-likeness (QED) is 0.666. The first-order valence-electron chi connectivity index (χ1n) is 8.32. The molecule has 0 atom stereocenters. The number of benzene rings is 2. The maximum atomic E-state index is 5.53. The zero-order valence-electron chi connectivity index (χ0n) is 14.5. The van der Waals surface area contributed by atoms with Crippen molar-refractivity contribution in [1.29, 1.82) is 0 Å². The van der Waals surface area contributed by atoms with E-state index in [4.69, 9.17) is 9.84 Å². The molecule has 0 saturated heterocycles. The van der Waals surface area contributed by atoms with Crippen LogP contribution in [-0.4, -0.2) is 16.4 Å². The van der Waals surface area contributed by atoms with E-state index in [1.807, 2.05) is 23.7 Å². The second-order valence-corrected chi connectivity index (χ2v) is 5.83. The van der Waals surface area contributed by atoms with Gasteiger partial charge in [-0.25, -0.2) is 4.68 Å². The first-order chi connectivity index (χ1) is 11.6. The zero-order valence-corrected chi connectivity index (χ0v) is 14.5. The number of hydrogen-bond acceptors (Lipinski definition) is 2. The molecule has 123 valence electrons. The summed E-state index contributed by atoms with van der Waals surface area (Å²) in [6, 6.07) is 16.6. The molecule has 0 fully saturated rings. The summed E-state index contributed by atoms with van der Waals surface area (Å²) in [5.41, 5.74) is 6.81. The van der Waals surface area contributed by atoms with Crippen molar-refractivity contribution in [1.82, 2.24) is 9.78 Å². The minimum atomic E-state index is 0.679. The van der Waals surface area contributed by atoms with Crippen molar-refractivity contribution >= 4 is 0 Å². The summed E-state index contributed by atoms with van der Waals surface area (Å²) in [6.07, 6.45) is 0.800. The molecule has 24 heavy (non-hydrogen) atoms. The lowest BCUT2D eigenvalue weighted by Crippen LogP contribution is -1.99. The van der Waals surface area contributed by atoms with Crippen LogP contribution in [0.1, 0.15) is 23.9 Å². The summed E-state index contributed by atoms with van der Waals surface area (Å²) in [6.45, 7) is 10.8. The lowest BCUT2D eigenvalue weighted by atomic mass is 10.0. The molecule has 3 aromatic rings. The van der Waals surface area contributed by atoms with Crippen molar-refractivity contribution in [2.45, 2.75) is 27.2 Å². The number of hydrogen-bond donors (Lipinski definition) is 0. The normalized spacial score (nSPS) is 10.8. The third-order valence-corrected chi connectivity index (χ3v) is 4.21. The molecule has 1 heterocycles. The molecule has 0 aliphatic heterocycles. The third kappa shape index (κ3) is 3.07. The van der Waals surface area contributed by atoms with E-state index < -0.39 is 0 Å². The second kappa shape index (κ2) is 6.91. The summed E-state index contributed by atoms with van der Waals surface area (Å²) >= 11 is 0. The van der Waals surface area contributed by atoms with E-state index >= 15 is 0 Å². The summed E-state index contributed by atoms with van der Waals surface area (Å²) in [5, 5.41) is 4.74. The zero-order chi connectivity index (χ0) is 17.1. The summed E-state index contributed by atoms with van der Waals surface area (Å²) in [4.78, 5) is 0. The lowest BCUT2D eigenvalue weighted by molar-refractivity contribution is 0.340. The third-order valence-electron chi connectivity index (χ3n) is 4.21. The molecule has 2 aromatic carbocycles. The molecule has 3 rings (SSSR count). The van der Waals surface area contributed by atoms with Crippen LogP contribution in [0.15, 0.2) is 48.5 Å². The van der Waals surface area contributed by atoms with Crippen LogP contribution in [-0.2, 0) is 6.42 Å². The van der Waals surface area contributed by atoms with E-state index in [0.717, 1.165) is 34.8 Å². The van der Waals surface area contributed by atoms with Gasteiger partial charge < -0.3 is 4.74 Å². The fraction of sp³-hybridized carbons (Fsp3) is 0.238. The van der Waals surface area contributed by atoms with Gasteiger partial charge in [-0.2, -0.15) is 5.10 Å². The number of aromatic nitrogens is 2. The van der Waals surface area contributed by atoms with Gasteiger partial charge in [0.1, 0.15) is 5.75 Å². The lowest BCUT2D eigenvalue weighted by Gasteiger charge is -2.08. The van der Waals surface area contributed by atoms with Gasteiger partial charge in [0.2, 0.25) is 0 Å². The van der Waals surface area contributed by atoms with Crippen molar-refractivity contribution in [2.75, 3.05) is 6.61 Å². The van der Waals surface area contributed by atoms with Crippen LogP contribution in [0, 0.1) is 20.8 Å². The first kappa shape index (κ1) is 16.3. The van der Waals surface area contributed by atoms with E-state index in [2.05, 4.69) is 57.2 Å². The molecule has 1 aromatic heterocycles. The van der Waals surface area contributed by atoms with E-state index in [9.17, 15) is 0 Å². The molecule has 3 nitrogen and oxygen atoms in total. The molecular weight excluding hydrogens is 296 g/mol. The van der Waals surface area contributed by atoms with Crippen LogP contribution in [0.4, 0.5) is 0 Å². The average molecular weight is 319 g/mol. The van der Waals surface area contributed by atoms with E-state index in [1.54, 1.807) is 0 Å².